The summed E-state index contributed by atoms with van der Waals surface area (Å²) in [5, 5.41) is 12.5. The van der Waals surface area contributed by atoms with Crippen LogP contribution < -0.4 is 0 Å². The smallest absolute Gasteiger partial charge is 0.428 e. The number of rotatable bonds is 5. The second-order valence-corrected chi connectivity index (χ2v) is 8.69. The van der Waals surface area contributed by atoms with Gasteiger partial charge in [-0.2, -0.15) is 27.2 Å². The van der Waals surface area contributed by atoms with Crippen LogP contribution >= 0.6 is 0 Å². The topological polar surface area (TPSA) is 87.4 Å². The molecule has 1 aliphatic heterocycles. The third-order valence-corrected chi connectivity index (χ3v) is 6.53. The number of allylic oxidation sites excluding steroid dienone is 6. The lowest BCUT2D eigenvalue weighted by molar-refractivity contribution is -0.294. The zero-order valence-corrected chi connectivity index (χ0v) is 16.6. The second-order valence-electron chi connectivity index (χ2n) is 6.73. The SMILES string of the molecule is C=C(C#N)/C=C(F)\C=C(/C)OC1C=CC2=C(C1C(F)F)C(O)(C(F)(F)F)C(F)(F)S2(=O)=O. The molecular formula is C18H13F8NO4S. The van der Waals surface area contributed by atoms with E-state index in [1.807, 2.05) is 0 Å². The number of halogens is 8. The predicted molar refractivity (Wildman–Crippen MR) is 93.1 cm³/mol. The van der Waals surface area contributed by atoms with Crippen LogP contribution in [0.2, 0.25) is 0 Å². The van der Waals surface area contributed by atoms with Crippen LogP contribution in [0.5, 0.6) is 0 Å². The van der Waals surface area contributed by atoms with Crippen molar-refractivity contribution in [1.29, 1.82) is 5.26 Å². The Bertz CT molecular complexity index is 1090. The summed E-state index contributed by atoms with van der Waals surface area (Å²) >= 11 is 0. The summed E-state index contributed by atoms with van der Waals surface area (Å²) < 4.78 is 139. The van der Waals surface area contributed by atoms with Crippen molar-refractivity contribution in [2.24, 2.45) is 5.92 Å². The molecule has 1 N–H and O–H groups in total. The highest BCUT2D eigenvalue weighted by Gasteiger charge is 2.83. The van der Waals surface area contributed by atoms with Crippen LogP contribution in [0.3, 0.4) is 0 Å². The van der Waals surface area contributed by atoms with Gasteiger partial charge in [0, 0.05) is 17.2 Å². The van der Waals surface area contributed by atoms with Gasteiger partial charge in [-0.05, 0) is 25.2 Å². The van der Waals surface area contributed by atoms with E-state index in [0.717, 1.165) is 6.92 Å². The fraction of sp³-hybridized carbons (Fsp3) is 0.389. The maximum atomic E-state index is 14.3. The highest BCUT2D eigenvalue weighted by Crippen LogP contribution is 2.61. The average Bonchev–Trinajstić information content (AvgIpc) is 2.76. The van der Waals surface area contributed by atoms with Gasteiger partial charge in [-0.15, -0.1) is 0 Å². The van der Waals surface area contributed by atoms with E-state index in [0.29, 0.717) is 18.2 Å². The second kappa shape index (κ2) is 8.04. The highest BCUT2D eigenvalue weighted by molar-refractivity contribution is 7.96. The van der Waals surface area contributed by atoms with Crippen molar-refractivity contribution in [2.45, 2.75) is 36.5 Å². The molecule has 0 radical (unpaired) electrons. The standard InChI is InChI=1S/C18H13F8NO4S/c1-8(7-27)5-10(19)6-9(2)31-11-3-4-12-14(13(11)15(20)21)16(28,17(22,23)24)18(25,26)32(12,29)30/h3-6,11,13,15,28H,1H2,2H3/b9-6+,10-5+. The number of sulfone groups is 1. The number of alkyl halides is 7. The Morgan fingerprint density at radius 1 is 1.34 bits per heavy atom. The van der Waals surface area contributed by atoms with Crippen LogP contribution in [0.1, 0.15) is 6.92 Å². The first kappa shape index (κ1) is 25.6. The quantitative estimate of drug-likeness (QED) is 0.269. The minimum atomic E-state index is -6.36. The summed E-state index contributed by atoms with van der Waals surface area (Å²) in [7, 11) is -6.19. The lowest BCUT2D eigenvalue weighted by atomic mass is 9.78. The van der Waals surface area contributed by atoms with Gasteiger partial charge in [0.1, 0.15) is 11.9 Å². The van der Waals surface area contributed by atoms with Gasteiger partial charge in [-0.1, -0.05) is 6.58 Å². The van der Waals surface area contributed by atoms with Crippen LogP contribution in [0, 0.1) is 17.2 Å². The maximum Gasteiger partial charge on any atom is 0.428 e. The molecule has 0 aromatic heterocycles. The number of hydrogen-bond acceptors (Lipinski definition) is 5. The van der Waals surface area contributed by atoms with E-state index in [2.05, 4.69) is 6.58 Å². The zero-order chi connectivity index (χ0) is 24.9. The highest BCUT2D eigenvalue weighted by atomic mass is 32.2. The van der Waals surface area contributed by atoms with Crippen molar-refractivity contribution in [3.8, 4) is 6.07 Å². The summed E-state index contributed by atoms with van der Waals surface area (Å²) in [6.07, 6.45) is -10.6. The number of nitriles is 1. The third kappa shape index (κ3) is 3.73. The zero-order valence-electron chi connectivity index (χ0n) is 15.8. The van der Waals surface area contributed by atoms with Crippen LogP contribution in [-0.2, 0) is 14.6 Å². The molecule has 5 nitrogen and oxygen atoms in total. The average molecular weight is 491 g/mol. The molecule has 0 spiro atoms. The van der Waals surface area contributed by atoms with E-state index >= 15 is 0 Å². The Balaban J connectivity index is 2.61. The fourth-order valence-corrected chi connectivity index (χ4v) is 4.97. The molecule has 3 atom stereocenters. The van der Waals surface area contributed by atoms with E-state index in [-0.39, 0.29) is 11.6 Å². The Kier molecular flexibility index (Phi) is 6.43. The molecule has 2 rings (SSSR count). The maximum absolute atomic E-state index is 14.3. The van der Waals surface area contributed by atoms with E-state index in [1.54, 1.807) is 0 Å². The summed E-state index contributed by atoms with van der Waals surface area (Å²) in [5.74, 6) is -4.68. The first-order valence-corrected chi connectivity index (χ1v) is 9.85. The van der Waals surface area contributed by atoms with Crippen molar-refractivity contribution in [2.75, 3.05) is 0 Å². The van der Waals surface area contributed by atoms with Gasteiger partial charge in [0.2, 0.25) is 16.3 Å². The molecule has 3 unspecified atom stereocenters. The van der Waals surface area contributed by atoms with E-state index in [9.17, 15) is 48.6 Å². The van der Waals surface area contributed by atoms with Crippen molar-refractivity contribution in [3.05, 3.63) is 58.5 Å². The Morgan fingerprint density at radius 3 is 2.38 bits per heavy atom. The van der Waals surface area contributed by atoms with Crippen LogP contribution in [0.15, 0.2) is 58.5 Å². The Hall–Kier alpha value is -2.66. The monoisotopic (exact) mass is 491 g/mol. The van der Waals surface area contributed by atoms with Gasteiger partial charge in [-0.3, -0.25) is 0 Å². The lowest BCUT2D eigenvalue weighted by Gasteiger charge is -2.38. The molecule has 14 heteroatoms. The lowest BCUT2D eigenvalue weighted by Crippen LogP contribution is -2.61. The van der Waals surface area contributed by atoms with Gasteiger partial charge in [0.25, 0.3) is 5.60 Å². The largest absolute Gasteiger partial charge is 0.490 e. The molecule has 2 aliphatic rings. The molecule has 0 fully saturated rings. The molecule has 0 saturated carbocycles. The molecule has 1 heterocycles. The minimum Gasteiger partial charge on any atom is -0.490 e. The summed E-state index contributed by atoms with van der Waals surface area (Å²) in [4.78, 5) is -1.80. The fourth-order valence-electron chi connectivity index (χ4n) is 3.25. The molecule has 0 amide bonds. The normalized spacial score (nSPS) is 29.7. The Labute approximate surface area is 176 Å². The van der Waals surface area contributed by atoms with E-state index < -0.39 is 67.4 Å². The summed E-state index contributed by atoms with van der Waals surface area (Å²) in [5.41, 5.74) is -7.97. The minimum absolute atomic E-state index is 0.197. The first-order valence-electron chi connectivity index (χ1n) is 8.37. The molecule has 176 valence electrons. The van der Waals surface area contributed by atoms with Crippen LogP contribution in [-0.4, -0.2) is 43.1 Å². The molecular weight excluding hydrogens is 478 g/mol. The van der Waals surface area contributed by atoms with Gasteiger partial charge in [0.05, 0.1) is 22.7 Å². The molecule has 0 saturated heterocycles. The predicted octanol–water partition coefficient (Wildman–Crippen LogP) is 4.23. The van der Waals surface area contributed by atoms with Gasteiger partial charge < -0.3 is 9.84 Å². The van der Waals surface area contributed by atoms with E-state index in [4.69, 9.17) is 10.00 Å². The van der Waals surface area contributed by atoms with Gasteiger partial charge in [-0.25, -0.2) is 21.6 Å². The van der Waals surface area contributed by atoms with Crippen molar-refractivity contribution >= 4 is 9.84 Å². The number of nitrogens with zero attached hydrogens (tertiary/aromatic N) is 1. The third-order valence-electron chi connectivity index (χ3n) is 4.63. The van der Waals surface area contributed by atoms with Crippen molar-refractivity contribution < 1.29 is 53.4 Å². The molecule has 32 heavy (non-hydrogen) atoms. The van der Waals surface area contributed by atoms with Crippen LogP contribution in [0.25, 0.3) is 0 Å². The summed E-state index contributed by atoms with van der Waals surface area (Å²) in [6.45, 7) is 4.12. The molecule has 0 bridgehead atoms. The molecule has 0 aromatic rings. The van der Waals surface area contributed by atoms with Crippen LogP contribution in [0.4, 0.5) is 35.1 Å². The number of aliphatic hydroxyl groups is 1. The number of hydrogen-bond donors (Lipinski definition) is 1. The van der Waals surface area contributed by atoms with Crippen molar-refractivity contribution in [3.63, 3.8) is 0 Å². The molecule has 1 aliphatic carbocycles. The van der Waals surface area contributed by atoms with Crippen molar-refractivity contribution in [1.82, 2.24) is 0 Å². The van der Waals surface area contributed by atoms with E-state index in [1.165, 1.54) is 6.07 Å². The number of ether oxygens (including phenoxy) is 1. The Morgan fingerprint density at radius 2 is 1.91 bits per heavy atom. The molecule has 0 aromatic carbocycles. The van der Waals surface area contributed by atoms with Gasteiger partial charge in [0.15, 0.2) is 0 Å². The first-order chi connectivity index (χ1) is 14.4. The van der Waals surface area contributed by atoms with Gasteiger partial charge >= 0.3 is 11.4 Å². The summed E-state index contributed by atoms with van der Waals surface area (Å²) in [6, 6.07) is 1.48.